The molecule has 1 aromatic heterocycles. The van der Waals surface area contributed by atoms with Crippen molar-refractivity contribution in [3.05, 3.63) is 69.1 Å². The Morgan fingerprint density at radius 3 is 2.50 bits per heavy atom. The summed E-state index contributed by atoms with van der Waals surface area (Å²) in [5.74, 6) is 0.447. The SMILES string of the molecule is O=c1nc(-c2ccc(Cl)cc2Cl)n(-c2ccccc2)[nH]1. The number of aromatic amines is 1. The van der Waals surface area contributed by atoms with E-state index in [0.717, 1.165) is 5.69 Å². The molecule has 0 spiro atoms. The number of halogens is 2. The second-order valence-corrected chi connectivity index (χ2v) is 4.99. The van der Waals surface area contributed by atoms with E-state index in [2.05, 4.69) is 10.1 Å². The zero-order valence-corrected chi connectivity index (χ0v) is 11.7. The third-order valence-corrected chi connectivity index (χ3v) is 3.36. The average Bonchev–Trinajstić information content (AvgIpc) is 2.81. The third kappa shape index (κ3) is 2.35. The van der Waals surface area contributed by atoms with Gasteiger partial charge in [-0.25, -0.2) is 14.6 Å². The van der Waals surface area contributed by atoms with Gasteiger partial charge in [0.2, 0.25) is 0 Å². The molecule has 2 aromatic carbocycles. The highest BCUT2D eigenvalue weighted by Gasteiger charge is 2.13. The third-order valence-electron chi connectivity index (χ3n) is 2.81. The van der Waals surface area contributed by atoms with Crippen molar-refractivity contribution < 1.29 is 0 Å². The van der Waals surface area contributed by atoms with Crippen LogP contribution in [0, 0.1) is 0 Å². The molecule has 0 amide bonds. The Morgan fingerprint density at radius 2 is 1.80 bits per heavy atom. The largest absolute Gasteiger partial charge is 0.362 e. The summed E-state index contributed by atoms with van der Waals surface area (Å²) < 4.78 is 1.59. The van der Waals surface area contributed by atoms with E-state index in [0.29, 0.717) is 21.4 Å². The first-order valence-electron chi connectivity index (χ1n) is 5.85. The van der Waals surface area contributed by atoms with Gasteiger partial charge in [-0.2, -0.15) is 4.98 Å². The van der Waals surface area contributed by atoms with Gasteiger partial charge in [-0.1, -0.05) is 41.4 Å². The van der Waals surface area contributed by atoms with Crippen molar-refractivity contribution in [3.8, 4) is 17.1 Å². The van der Waals surface area contributed by atoms with E-state index in [1.54, 1.807) is 22.9 Å². The minimum Gasteiger partial charge on any atom is -0.244 e. The molecule has 0 aliphatic rings. The van der Waals surface area contributed by atoms with Crippen molar-refractivity contribution in [1.82, 2.24) is 14.8 Å². The molecule has 0 aliphatic heterocycles. The number of hydrogen-bond acceptors (Lipinski definition) is 2. The lowest BCUT2D eigenvalue weighted by atomic mass is 10.2. The summed E-state index contributed by atoms with van der Waals surface area (Å²) in [6, 6.07) is 14.4. The van der Waals surface area contributed by atoms with Crippen LogP contribution in [0.2, 0.25) is 10.0 Å². The second-order valence-electron chi connectivity index (χ2n) is 4.15. The minimum atomic E-state index is -0.435. The molecule has 0 bridgehead atoms. The molecule has 6 heteroatoms. The van der Waals surface area contributed by atoms with Crippen LogP contribution in [0.4, 0.5) is 0 Å². The van der Waals surface area contributed by atoms with Crippen LogP contribution in [-0.4, -0.2) is 14.8 Å². The molecule has 20 heavy (non-hydrogen) atoms. The van der Waals surface area contributed by atoms with E-state index in [1.165, 1.54) is 0 Å². The van der Waals surface area contributed by atoms with Crippen molar-refractivity contribution in [2.45, 2.75) is 0 Å². The molecule has 0 unspecified atom stereocenters. The van der Waals surface area contributed by atoms with E-state index in [9.17, 15) is 4.79 Å². The molecule has 0 aliphatic carbocycles. The molecular weight excluding hydrogens is 297 g/mol. The first-order valence-corrected chi connectivity index (χ1v) is 6.60. The molecular formula is C14H9Cl2N3O. The maximum atomic E-state index is 11.6. The number of benzene rings is 2. The highest BCUT2D eigenvalue weighted by molar-refractivity contribution is 6.36. The number of nitrogens with one attached hydrogen (secondary N) is 1. The van der Waals surface area contributed by atoms with Crippen LogP contribution in [0.25, 0.3) is 17.1 Å². The first-order chi connectivity index (χ1) is 9.65. The van der Waals surface area contributed by atoms with Gasteiger partial charge in [0.25, 0.3) is 0 Å². The van der Waals surface area contributed by atoms with Crippen molar-refractivity contribution in [2.75, 3.05) is 0 Å². The Balaban J connectivity index is 2.22. The predicted octanol–water partition coefficient (Wildman–Crippen LogP) is 3.53. The molecule has 0 atom stereocenters. The van der Waals surface area contributed by atoms with E-state index in [-0.39, 0.29) is 0 Å². The van der Waals surface area contributed by atoms with E-state index >= 15 is 0 Å². The average molecular weight is 306 g/mol. The molecule has 0 radical (unpaired) electrons. The molecule has 0 saturated heterocycles. The molecule has 0 saturated carbocycles. The van der Waals surface area contributed by atoms with Crippen LogP contribution in [0.15, 0.2) is 53.3 Å². The summed E-state index contributed by atoms with van der Waals surface area (Å²) in [7, 11) is 0. The summed E-state index contributed by atoms with van der Waals surface area (Å²) in [4.78, 5) is 15.6. The Bertz CT molecular complexity index is 809. The maximum Gasteiger partial charge on any atom is 0.362 e. The van der Waals surface area contributed by atoms with Gasteiger partial charge >= 0.3 is 5.69 Å². The highest BCUT2D eigenvalue weighted by Crippen LogP contribution is 2.29. The molecule has 0 fully saturated rings. The molecule has 3 aromatic rings. The lowest BCUT2D eigenvalue weighted by molar-refractivity contribution is 0.871. The van der Waals surface area contributed by atoms with Crippen molar-refractivity contribution >= 4 is 23.2 Å². The minimum absolute atomic E-state index is 0.435. The van der Waals surface area contributed by atoms with Crippen LogP contribution in [-0.2, 0) is 0 Å². The number of rotatable bonds is 2. The Labute approximate surface area is 124 Å². The smallest absolute Gasteiger partial charge is 0.244 e. The monoisotopic (exact) mass is 305 g/mol. The Hall–Kier alpha value is -2.04. The lowest BCUT2D eigenvalue weighted by Gasteiger charge is -2.08. The van der Waals surface area contributed by atoms with E-state index in [4.69, 9.17) is 23.2 Å². The van der Waals surface area contributed by atoms with Crippen LogP contribution < -0.4 is 5.69 Å². The fourth-order valence-electron chi connectivity index (χ4n) is 1.94. The van der Waals surface area contributed by atoms with Gasteiger partial charge in [0.1, 0.15) is 0 Å². The normalized spacial score (nSPS) is 10.7. The number of hydrogen-bond donors (Lipinski definition) is 1. The topological polar surface area (TPSA) is 50.7 Å². The van der Waals surface area contributed by atoms with Crippen molar-refractivity contribution in [1.29, 1.82) is 0 Å². The van der Waals surface area contributed by atoms with E-state index < -0.39 is 5.69 Å². The molecule has 4 nitrogen and oxygen atoms in total. The second kappa shape index (κ2) is 5.15. The van der Waals surface area contributed by atoms with Crippen molar-refractivity contribution in [2.24, 2.45) is 0 Å². The van der Waals surface area contributed by atoms with Crippen LogP contribution in [0.5, 0.6) is 0 Å². The Kier molecular flexibility index (Phi) is 3.34. The maximum absolute atomic E-state index is 11.6. The quantitative estimate of drug-likeness (QED) is 0.787. The predicted molar refractivity (Wildman–Crippen MR) is 79.6 cm³/mol. The van der Waals surface area contributed by atoms with Gasteiger partial charge < -0.3 is 0 Å². The fraction of sp³-hybridized carbons (Fsp3) is 0. The van der Waals surface area contributed by atoms with Gasteiger partial charge in [0.05, 0.1) is 10.7 Å². The fourth-order valence-corrected chi connectivity index (χ4v) is 2.43. The van der Waals surface area contributed by atoms with Gasteiger partial charge in [-0.15, -0.1) is 0 Å². The highest BCUT2D eigenvalue weighted by atomic mass is 35.5. The van der Waals surface area contributed by atoms with E-state index in [1.807, 2.05) is 30.3 Å². The zero-order chi connectivity index (χ0) is 14.1. The number of nitrogens with zero attached hydrogens (tertiary/aromatic N) is 2. The molecule has 1 heterocycles. The summed E-state index contributed by atoms with van der Waals surface area (Å²) >= 11 is 12.1. The number of para-hydroxylation sites is 1. The summed E-state index contributed by atoms with van der Waals surface area (Å²) in [5, 5.41) is 3.63. The molecule has 100 valence electrons. The number of H-pyrrole nitrogens is 1. The summed E-state index contributed by atoms with van der Waals surface area (Å²) in [6.07, 6.45) is 0. The van der Waals surface area contributed by atoms with Gasteiger partial charge in [-0.05, 0) is 30.3 Å². The number of aromatic nitrogens is 3. The zero-order valence-electron chi connectivity index (χ0n) is 10.2. The van der Waals surface area contributed by atoms with Gasteiger partial charge in [0.15, 0.2) is 5.82 Å². The van der Waals surface area contributed by atoms with Crippen LogP contribution in [0.3, 0.4) is 0 Å². The molecule has 1 N–H and O–H groups in total. The van der Waals surface area contributed by atoms with Crippen LogP contribution in [0.1, 0.15) is 0 Å². The summed E-state index contributed by atoms with van der Waals surface area (Å²) in [5.41, 5.74) is 0.997. The standard InChI is InChI=1S/C14H9Cl2N3O/c15-9-6-7-11(12(16)8-9)13-17-14(20)18-19(13)10-4-2-1-3-5-10/h1-8H,(H,18,20). The van der Waals surface area contributed by atoms with Gasteiger partial charge in [0, 0.05) is 10.6 Å². The van der Waals surface area contributed by atoms with Crippen molar-refractivity contribution in [3.63, 3.8) is 0 Å². The first kappa shape index (κ1) is 13.0. The summed E-state index contributed by atoms with van der Waals surface area (Å²) in [6.45, 7) is 0. The van der Waals surface area contributed by atoms with Crippen LogP contribution >= 0.6 is 23.2 Å². The lowest BCUT2D eigenvalue weighted by Crippen LogP contribution is -2.05. The molecule has 3 rings (SSSR count). The van der Waals surface area contributed by atoms with Gasteiger partial charge in [-0.3, -0.25) is 0 Å². The Morgan fingerprint density at radius 1 is 1.05 bits per heavy atom.